The summed E-state index contributed by atoms with van der Waals surface area (Å²) in [6.07, 6.45) is 0. The van der Waals surface area contributed by atoms with Gasteiger partial charge in [-0.3, -0.25) is 14.2 Å². The summed E-state index contributed by atoms with van der Waals surface area (Å²) in [7, 11) is 0. The molecule has 3 aromatic carbocycles. The van der Waals surface area contributed by atoms with Crippen LogP contribution in [0.3, 0.4) is 0 Å². The van der Waals surface area contributed by atoms with E-state index < -0.39 is 0 Å². The summed E-state index contributed by atoms with van der Waals surface area (Å²) in [6, 6.07) is 21.1. The van der Waals surface area contributed by atoms with E-state index >= 15 is 0 Å². The molecule has 8 heteroatoms. The van der Waals surface area contributed by atoms with Crippen LogP contribution in [0.5, 0.6) is 0 Å². The van der Waals surface area contributed by atoms with E-state index in [1.807, 2.05) is 74.5 Å². The van der Waals surface area contributed by atoms with Crippen LogP contribution >= 0.6 is 27.7 Å². The van der Waals surface area contributed by atoms with Crippen LogP contribution in [0.1, 0.15) is 11.1 Å². The first-order chi connectivity index (χ1) is 16.4. The Balaban J connectivity index is 1.58. The molecule has 34 heavy (non-hydrogen) atoms. The third-order valence-corrected chi connectivity index (χ3v) is 6.89. The van der Waals surface area contributed by atoms with E-state index in [1.54, 1.807) is 4.57 Å². The number of carbonyl (C=O) groups excluding carboxylic acids is 1. The molecule has 0 aliphatic rings. The number of thioether (sulfide) groups is 1. The van der Waals surface area contributed by atoms with Gasteiger partial charge in [-0.05, 0) is 67.4 Å². The number of rotatable bonds is 5. The number of carbonyl (C=O) groups is 1. The lowest BCUT2D eigenvalue weighted by molar-refractivity contribution is -0.113. The second-order valence-electron chi connectivity index (χ2n) is 8.12. The van der Waals surface area contributed by atoms with Gasteiger partial charge in [0.05, 0.1) is 11.4 Å². The molecule has 0 aliphatic carbocycles. The number of aryl methyl sites for hydroxylation is 2. The SMILES string of the molecule is Cc1cc(C)cc(-n2c(SCC(=O)Nc3ccc(Br)cc3)nc3c([nH]c4ccccc43)c2=O)c1. The van der Waals surface area contributed by atoms with Gasteiger partial charge in [0, 0.05) is 21.1 Å². The topological polar surface area (TPSA) is 79.8 Å². The van der Waals surface area contributed by atoms with Gasteiger partial charge in [0.1, 0.15) is 11.0 Å². The van der Waals surface area contributed by atoms with Crippen molar-refractivity contribution in [1.82, 2.24) is 14.5 Å². The lowest BCUT2D eigenvalue weighted by Crippen LogP contribution is -2.23. The molecule has 0 fully saturated rings. The van der Waals surface area contributed by atoms with Gasteiger partial charge >= 0.3 is 0 Å². The van der Waals surface area contributed by atoms with Crippen LogP contribution in [0.2, 0.25) is 0 Å². The van der Waals surface area contributed by atoms with Gasteiger partial charge in [-0.25, -0.2) is 4.98 Å². The Kier molecular flexibility index (Phi) is 6.02. The molecule has 0 saturated carbocycles. The Morgan fingerprint density at radius 3 is 2.50 bits per heavy atom. The number of amides is 1. The molecule has 0 radical (unpaired) electrons. The Hall–Kier alpha value is -3.36. The molecule has 0 bridgehead atoms. The van der Waals surface area contributed by atoms with Crippen LogP contribution in [-0.2, 0) is 4.79 Å². The Bertz CT molecular complexity index is 1590. The number of nitrogens with zero attached hydrogens (tertiary/aromatic N) is 2. The standard InChI is InChI=1S/C26H21BrN4O2S/c1-15-11-16(2)13-19(12-15)31-25(33)24-23(20-5-3-4-6-21(20)29-24)30-26(31)34-14-22(32)28-18-9-7-17(27)8-10-18/h3-13,29H,14H2,1-2H3,(H,28,32). The van der Waals surface area contributed by atoms with Crippen molar-refractivity contribution in [2.75, 3.05) is 11.1 Å². The lowest BCUT2D eigenvalue weighted by atomic mass is 10.1. The molecule has 2 N–H and O–H groups in total. The zero-order valence-corrected chi connectivity index (χ0v) is 21.0. The van der Waals surface area contributed by atoms with E-state index in [9.17, 15) is 9.59 Å². The summed E-state index contributed by atoms with van der Waals surface area (Å²) in [5.41, 5.74) is 5.24. The number of benzene rings is 3. The highest BCUT2D eigenvalue weighted by molar-refractivity contribution is 9.10. The number of aromatic nitrogens is 3. The van der Waals surface area contributed by atoms with Crippen molar-refractivity contribution in [3.8, 4) is 5.69 Å². The lowest BCUT2D eigenvalue weighted by Gasteiger charge is -2.13. The van der Waals surface area contributed by atoms with Crippen molar-refractivity contribution in [2.45, 2.75) is 19.0 Å². The minimum atomic E-state index is -0.193. The van der Waals surface area contributed by atoms with Gasteiger partial charge in [-0.1, -0.05) is 52.0 Å². The number of H-pyrrole nitrogens is 1. The number of anilines is 1. The Morgan fingerprint density at radius 1 is 1.06 bits per heavy atom. The highest BCUT2D eigenvalue weighted by Crippen LogP contribution is 2.27. The molecule has 0 unspecified atom stereocenters. The van der Waals surface area contributed by atoms with Crippen LogP contribution < -0.4 is 10.9 Å². The first-order valence-electron chi connectivity index (χ1n) is 10.7. The van der Waals surface area contributed by atoms with Gasteiger partial charge < -0.3 is 10.3 Å². The van der Waals surface area contributed by atoms with Crippen LogP contribution in [0.25, 0.3) is 27.6 Å². The highest BCUT2D eigenvalue weighted by Gasteiger charge is 2.18. The van der Waals surface area contributed by atoms with Crippen LogP contribution in [0.4, 0.5) is 5.69 Å². The molecule has 0 spiro atoms. The zero-order chi connectivity index (χ0) is 23.8. The fourth-order valence-corrected chi connectivity index (χ4v) is 5.08. The van der Waals surface area contributed by atoms with Crippen molar-refractivity contribution in [2.24, 2.45) is 0 Å². The molecular weight excluding hydrogens is 512 g/mol. The third kappa shape index (κ3) is 4.38. The first kappa shape index (κ1) is 22.4. The number of halogens is 1. The van der Waals surface area contributed by atoms with Crippen LogP contribution in [-0.4, -0.2) is 26.2 Å². The quantitative estimate of drug-likeness (QED) is 0.215. The maximum Gasteiger partial charge on any atom is 0.283 e. The molecule has 0 atom stereocenters. The molecule has 5 rings (SSSR count). The molecular formula is C26H21BrN4O2S. The smallest absolute Gasteiger partial charge is 0.283 e. The van der Waals surface area contributed by atoms with E-state index in [4.69, 9.17) is 4.98 Å². The maximum atomic E-state index is 13.7. The molecule has 1 amide bonds. The van der Waals surface area contributed by atoms with Crippen molar-refractivity contribution in [3.05, 3.63) is 92.7 Å². The minimum absolute atomic E-state index is 0.112. The number of hydrogen-bond donors (Lipinski definition) is 2. The average molecular weight is 533 g/mol. The normalized spacial score (nSPS) is 11.3. The highest BCUT2D eigenvalue weighted by atomic mass is 79.9. The second kappa shape index (κ2) is 9.12. The number of hydrogen-bond acceptors (Lipinski definition) is 4. The largest absolute Gasteiger partial charge is 0.349 e. The second-order valence-corrected chi connectivity index (χ2v) is 9.98. The van der Waals surface area contributed by atoms with Crippen molar-refractivity contribution >= 4 is 61.2 Å². The van der Waals surface area contributed by atoms with E-state index in [0.29, 0.717) is 21.9 Å². The summed E-state index contributed by atoms with van der Waals surface area (Å²) in [5, 5.41) is 4.24. The van der Waals surface area contributed by atoms with Gasteiger partial charge in [0.15, 0.2) is 5.16 Å². The Morgan fingerprint density at radius 2 is 1.76 bits per heavy atom. The van der Waals surface area contributed by atoms with Gasteiger partial charge in [0.25, 0.3) is 5.56 Å². The summed E-state index contributed by atoms with van der Waals surface area (Å²) in [6.45, 7) is 3.99. The zero-order valence-electron chi connectivity index (χ0n) is 18.6. The molecule has 2 heterocycles. The van der Waals surface area contributed by atoms with E-state index in [1.165, 1.54) is 11.8 Å². The summed E-state index contributed by atoms with van der Waals surface area (Å²) >= 11 is 4.64. The van der Waals surface area contributed by atoms with Gasteiger partial charge in [-0.2, -0.15) is 0 Å². The summed E-state index contributed by atoms with van der Waals surface area (Å²) in [5.74, 6) is -0.0613. The predicted molar refractivity (Wildman–Crippen MR) is 142 cm³/mol. The number of nitrogens with one attached hydrogen (secondary N) is 2. The molecule has 2 aromatic heterocycles. The minimum Gasteiger partial charge on any atom is -0.349 e. The van der Waals surface area contributed by atoms with Crippen molar-refractivity contribution in [3.63, 3.8) is 0 Å². The van der Waals surface area contributed by atoms with Crippen LogP contribution in [0.15, 0.2) is 81.2 Å². The monoisotopic (exact) mass is 532 g/mol. The molecule has 6 nitrogen and oxygen atoms in total. The fourth-order valence-electron chi connectivity index (χ4n) is 4.01. The van der Waals surface area contributed by atoms with E-state index in [0.717, 1.165) is 32.2 Å². The van der Waals surface area contributed by atoms with Crippen molar-refractivity contribution in [1.29, 1.82) is 0 Å². The van der Waals surface area contributed by atoms with E-state index in [2.05, 4.69) is 32.3 Å². The summed E-state index contributed by atoms with van der Waals surface area (Å²) < 4.78 is 2.53. The molecule has 170 valence electrons. The fraction of sp³-hybridized carbons (Fsp3) is 0.115. The molecule has 5 aromatic rings. The first-order valence-corrected chi connectivity index (χ1v) is 12.5. The molecule has 0 aliphatic heterocycles. The average Bonchev–Trinajstić information content (AvgIpc) is 3.18. The molecule has 0 saturated heterocycles. The van der Waals surface area contributed by atoms with Crippen molar-refractivity contribution < 1.29 is 4.79 Å². The van der Waals surface area contributed by atoms with Crippen LogP contribution in [0, 0.1) is 13.8 Å². The summed E-state index contributed by atoms with van der Waals surface area (Å²) in [4.78, 5) is 34.4. The third-order valence-electron chi connectivity index (χ3n) is 5.42. The number of para-hydroxylation sites is 1. The number of aromatic amines is 1. The Labute approximate surface area is 208 Å². The van der Waals surface area contributed by atoms with Gasteiger partial charge in [-0.15, -0.1) is 0 Å². The van der Waals surface area contributed by atoms with E-state index in [-0.39, 0.29) is 17.2 Å². The maximum absolute atomic E-state index is 13.7. The predicted octanol–water partition coefficient (Wildman–Crippen LogP) is 5.98. The van der Waals surface area contributed by atoms with Gasteiger partial charge in [0.2, 0.25) is 5.91 Å². The number of fused-ring (bicyclic) bond motifs is 3.